The summed E-state index contributed by atoms with van der Waals surface area (Å²) in [5, 5.41) is 12.5. The van der Waals surface area contributed by atoms with Crippen LogP contribution in [0.5, 0.6) is 5.75 Å². The molecule has 0 spiro atoms. The Morgan fingerprint density at radius 2 is 1.74 bits per heavy atom. The molecule has 1 heterocycles. The number of thioether (sulfide) groups is 1. The standard InChI is InChI=1S/C25H22ClFN4O2S/c26-21-8-4-5-9-22(21)33-16-23-29-30-25(31(23)20-6-2-1-3-7-20)34-17-24(32)28-15-14-18-10-12-19(27)13-11-18/h1-13H,14-17H2,(H,28,32). The first-order valence-electron chi connectivity index (χ1n) is 10.6. The normalized spacial score (nSPS) is 10.8. The van der Waals surface area contributed by atoms with Crippen molar-refractivity contribution in [3.8, 4) is 11.4 Å². The van der Waals surface area contributed by atoms with Gasteiger partial charge in [0.2, 0.25) is 5.91 Å². The fourth-order valence-electron chi connectivity index (χ4n) is 3.21. The molecule has 0 aliphatic carbocycles. The van der Waals surface area contributed by atoms with E-state index in [1.807, 2.05) is 47.0 Å². The molecule has 1 aromatic heterocycles. The number of carbonyl (C=O) groups excluding carboxylic acids is 1. The van der Waals surface area contributed by atoms with E-state index in [-0.39, 0.29) is 24.1 Å². The molecule has 0 saturated heterocycles. The van der Waals surface area contributed by atoms with Gasteiger partial charge in [0.15, 0.2) is 11.0 Å². The average Bonchev–Trinajstić information content (AvgIpc) is 3.27. The number of ether oxygens (including phenoxy) is 1. The zero-order chi connectivity index (χ0) is 23.8. The molecule has 34 heavy (non-hydrogen) atoms. The van der Waals surface area contributed by atoms with E-state index in [9.17, 15) is 9.18 Å². The van der Waals surface area contributed by atoms with Crippen molar-refractivity contribution in [3.05, 3.63) is 101 Å². The Kier molecular flexibility index (Phi) is 8.17. The van der Waals surface area contributed by atoms with Gasteiger partial charge in [-0.3, -0.25) is 9.36 Å². The van der Waals surface area contributed by atoms with Gasteiger partial charge >= 0.3 is 0 Å². The third-order valence-electron chi connectivity index (χ3n) is 4.89. The van der Waals surface area contributed by atoms with Crippen LogP contribution >= 0.6 is 23.4 Å². The van der Waals surface area contributed by atoms with Gasteiger partial charge in [-0.05, 0) is 48.4 Å². The van der Waals surface area contributed by atoms with Gasteiger partial charge in [0.05, 0.1) is 10.8 Å². The molecule has 1 amide bonds. The molecule has 6 nitrogen and oxygen atoms in total. The van der Waals surface area contributed by atoms with Gasteiger partial charge in [0.25, 0.3) is 0 Å². The monoisotopic (exact) mass is 496 g/mol. The van der Waals surface area contributed by atoms with Crippen molar-refractivity contribution in [2.45, 2.75) is 18.2 Å². The van der Waals surface area contributed by atoms with E-state index in [1.165, 1.54) is 23.9 Å². The molecule has 4 aromatic rings. The third-order valence-corrected chi connectivity index (χ3v) is 6.13. The van der Waals surface area contributed by atoms with Gasteiger partial charge < -0.3 is 10.1 Å². The van der Waals surface area contributed by atoms with Gasteiger partial charge in [0.1, 0.15) is 18.2 Å². The Balaban J connectivity index is 1.39. The van der Waals surface area contributed by atoms with Crippen LogP contribution in [0.4, 0.5) is 4.39 Å². The number of rotatable bonds is 10. The van der Waals surface area contributed by atoms with E-state index in [0.717, 1.165) is 11.3 Å². The quantitative estimate of drug-likeness (QED) is 0.310. The molecule has 0 unspecified atom stereocenters. The van der Waals surface area contributed by atoms with Crippen molar-refractivity contribution < 1.29 is 13.9 Å². The largest absolute Gasteiger partial charge is 0.484 e. The number of benzene rings is 3. The molecule has 0 aliphatic heterocycles. The molecule has 0 bridgehead atoms. The number of halogens is 2. The topological polar surface area (TPSA) is 69.0 Å². The summed E-state index contributed by atoms with van der Waals surface area (Å²) < 4.78 is 20.7. The molecule has 0 saturated carbocycles. The third kappa shape index (κ3) is 6.36. The highest BCUT2D eigenvalue weighted by Crippen LogP contribution is 2.26. The van der Waals surface area contributed by atoms with Crippen LogP contribution < -0.4 is 10.1 Å². The predicted molar refractivity (Wildman–Crippen MR) is 131 cm³/mol. The highest BCUT2D eigenvalue weighted by Gasteiger charge is 2.17. The predicted octanol–water partition coefficient (Wildman–Crippen LogP) is 5.09. The number of nitrogens with zero attached hydrogens (tertiary/aromatic N) is 3. The fourth-order valence-corrected chi connectivity index (χ4v) is 4.20. The number of hydrogen-bond donors (Lipinski definition) is 1. The smallest absolute Gasteiger partial charge is 0.230 e. The lowest BCUT2D eigenvalue weighted by molar-refractivity contribution is -0.118. The molecule has 3 aromatic carbocycles. The summed E-state index contributed by atoms with van der Waals surface area (Å²) in [6, 6.07) is 23.1. The summed E-state index contributed by atoms with van der Waals surface area (Å²) in [7, 11) is 0. The number of carbonyl (C=O) groups is 1. The lowest BCUT2D eigenvalue weighted by Gasteiger charge is -2.12. The highest BCUT2D eigenvalue weighted by molar-refractivity contribution is 7.99. The summed E-state index contributed by atoms with van der Waals surface area (Å²) in [5.74, 6) is 0.929. The van der Waals surface area contributed by atoms with Crippen molar-refractivity contribution in [1.82, 2.24) is 20.1 Å². The van der Waals surface area contributed by atoms with Crippen LogP contribution in [0, 0.1) is 5.82 Å². The van der Waals surface area contributed by atoms with Gasteiger partial charge in [-0.1, -0.05) is 65.8 Å². The molecule has 174 valence electrons. The fraction of sp³-hybridized carbons (Fsp3) is 0.160. The summed E-state index contributed by atoms with van der Waals surface area (Å²) >= 11 is 7.48. The number of para-hydroxylation sites is 2. The van der Waals surface area contributed by atoms with Crippen LogP contribution in [0.2, 0.25) is 5.02 Å². The second kappa shape index (κ2) is 11.7. The van der Waals surface area contributed by atoms with E-state index in [4.69, 9.17) is 16.3 Å². The molecular formula is C25H22ClFN4O2S. The first-order chi connectivity index (χ1) is 16.6. The Hall–Kier alpha value is -3.36. The van der Waals surface area contributed by atoms with Gasteiger partial charge in [-0.2, -0.15) is 0 Å². The van der Waals surface area contributed by atoms with E-state index in [2.05, 4.69) is 15.5 Å². The minimum Gasteiger partial charge on any atom is -0.484 e. The first kappa shape index (κ1) is 23.8. The van der Waals surface area contributed by atoms with E-state index < -0.39 is 0 Å². The molecular weight excluding hydrogens is 475 g/mol. The number of aromatic nitrogens is 3. The Labute approximate surface area is 206 Å². The van der Waals surface area contributed by atoms with Crippen molar-refractivity contribution in [1.29, 1.82) is 0 Å². The molecule has 1 N–H and O–H groups in total. The van der Waals surface area contributed by atoms with E-state index >= 15 is 0 Å². The Morgan fingerprint density at radius 1 is 1.00 bits per heavy atom. The minimum absolute atomic E-state index is 0.122. The van der Waals surface area contributed by atoms with E-state index in [0.29, 0.717) is 34.7 Å². The SMILES string of the molecule is O=C(CSc1nnc(COc2ccccc2Cl)n1-c1ccccc1)NCCc1ccc(F)cc1. The molecule has 0 atom stereocenters. The van der Waals surface area contributed by atoms with Crippen LogP contribution in [-0.4, -0.2) is 33.0 Å². The molecule has 0 fully saturated rings. The van der Waals surface area contributed by atoms with Gasteiger partial charge in [-0.25, -0.2) is 4.39 Å². The highest BCUT2D eigenvalue weighted by atomic mass is 35.5. The molecule has 9 heteroatoms. The van der Waals surface area contributed by atoms with Crippen molar-refractivity contribution >= 4 is 29.3 Å². The van der Waals surface area contributed by atoms with Crippen LogP contribution in [0.3, 0.4) is 0 Å². The zero-order valence-electron chi connectivity index (χ0n) is 18.2. The maximum absolute atomic E-state index is 13.0. The van der Waals surface area contributed by atoms with Crippen molar-refractivity contribution in [2.24, 2.45) is 0 Å². The minimum atomic E-state index is -0.275. The van der Waals surface area contributed by atoms with Crippen LogP contribution in [0.25, 0.3) is 5.69 Å². The van der Waals surface area contributed by atoms with Crippen LogP contribution in [-0.2, 0) is 17.8 Å². The summed E-state index contributed by atoms with van der Waals surface area (Å²) in [6.07, 6.45) is 0.625. The summed E-state index contributed by atoms with van der Waals surface area (Å²) in [4.78, 5) is 12.4. The number of nitrogens with one attached hydrogen (secondary N) is 1. The van der Waals surface area contributed by atoms with Gasteiger partial charge in [-0.15, -0.1) is 10.2 Å². The second-order valence-electron chi connectivity index (χ2n) is 7.30. The van der Waals surface area contributed by atoms with Gasteiger partial charge in [0, 0.05) is 12.2 Å². The van der Waals surface area contributed by atoms with Crippen LogP contribution in [0.1, 0.15) is 11.4 Å². The Bertz CT molecular complexity index is 1240. The maximum atomic E-state index is 13.0. The van der Waals surface area contributed by atoms with Crippen molar-refractivity contribution in [3.63, 3.8) is 0 Å². The zero-order valence-corrected chi connectivity index (χ0v) is 19.7. The lowest BCUT2D eigenvalue weighted by atomic mass is 10.1. The van der Waals surface area contributed by atoms with Crippen molar-refractivity contribution in [2.75, 3.05) is 12.3 Å². The average molecular weight is 497 g/mol. The first-order valence-corrected chi connectivity index (χ1v) is 12.0. The maximum Gasteiger partial charge on any atom is 0.230 e. The van der Waals surface area contributed by atoms with Crippen LogP contribution in [0.15, 0.2) is 84.0 Å². The summed E-state index contributed by atoms with van der Waals surface area (Å²) in [6.45, 7) is 0.628. The number of amides is 1. The Morgan fingerprint density at radius 3 is 2.50 bits per heavy atom. The second-order valence-corrected chi connectivity index (χ2v) is 8.65. The molecule has 4 rings (SSSR count). The van der Waals surface area contributed by atoms with E-state index in [1.54, 1.807) is 24.3 Å². The lowest BCUT2D eigenvalue weighted by Crippen LogP contribution is -2.27. The summed E-state index contributed by atoms with van der Waals surface area (Å²) in [5.41, 5.74) is 1.82. The number of hydrogen-bond acceptors (Lipinski definition) is 5. The molecule has 0 radical (unpaired) electrons. The molecule has 0 aliphatic rings.